The van der Waals surface area contributed by atoms with Crippen LogP contribution in [-0.2, 0) is 10.0 Å². The van der Waals surface area contributed by atoms with Gasteiger partial charge in [-0.05, 0) is 30.3 Å². The molecule has 0 aliphatic rings. The summed E-state index contributed by atoms with van der Waals surface area (Å²) in [6, 6.07) is 10.4. The summed E-state index contributed by atoms with van der Waals surface area (Å²) in [7, 11) is -2.57. The number of rotatable bonds is 8. The van der Waals surface area contributed by atoms with Crippen molar-refractivity contribution in [1.29, 1.82) is 0 Å². The fourth-order valence-electron chi connectivity index (χ4n) is 2.58. The molecule has 2 N–H and O–H groups in total. The topological polar surface area (TPSA) is 97.4 Å². The van der Waals surface area contributed by atoms with E-state index in [0.29, 0.717) is 16.6 Å². The second kappa shape index (κ2) is 9.16. The fraction of sp³-hybridized carbons (Fsp3) is 0.100. The van der Waals surface area contributed by atoms with Crippen LogP contribution in [0.1, 0.15) is 10.4 Å². The maximum atomic E-state index is 14.0. The smallest absolute Gasteiger partial charge is 0.257 e. The van der Waals surface area contributed by atoms with E-state index in [0.717, 1.165) is 17.7 Å². The van der Waals surface area contributed by atoms with Gasteiger partial charge in [0.05, 0.1) is 12.8 Å². The van der Waals surface area contributed by atoms with Gasteiger partial charge in [0, 0.05) is 23.1 Å². The zero-order valence-electron chi connectivity index (χ0n) is 15.9. The van der Waals surface area contributed by atoms with Gasteiger partial charge in [0.15, 0.2) is 5.13 Å². The first-order valence-electron chi connectivity index (χ1n) is 8.66. The van der Waals surface area contributed by atoms with Crippen LogP contribution < -0.4 is 14.8 Å². The SMILES string of the molecule is C=CCNS(=O)(=O)c1cc(C(=O)Nc2nc(-c3ccccc3OC)cs2)ccc1F. The molecule has 0 saturated carbocycles. The second-order valence-corrected chi connectivity index (χ2v) is 8.57. The van der Waals surface area contributed by atoms with Gasteiger partial charge in [0.1, 0.15) is 16.5 Å². The normalized spacial score (nSPS) is 11.1. The molecule has 1 aromatic heterocycles. The summed E-state index contributed by atoms with van der Waals surface area (Å²) in [5, 5.41) is 4.66. The summed E-state index contributed by atoms with van der Waals surface area (Å²) in [5.74, 6) is -0.937. The molecule has 0 unspecified atom stereocenters. The minimum Gasteiger partial charge on any atom is -0.496 e. The van der Waals surface area contributed by atoms with E-state index >= 15 is 0 Å². The molecule has 0 saturated heterocycles. The van der Waals surface area contributed by atoms with Crippen molar-refractivity contribution in [1.82, 2.24) is 9.71 Å². The standard InChI is InChI=1S/C20H18FN3O4S2/c1-3-10-22-30(26,27)18-11-13(8-9-15(18)21)19(25)24-20-23-16(12-29-20)14-6-4-5-7-17(14)28-2/h3-9,11-12,22H,1,10H2,2H3,(H,23,24,25). The molecule has 0 aliphatic heterocycles. The molecule has 30 heavy (non-hydrogen) atoms. The third-order valence-electron chi connectivity index (χ3n) is 4.01. The lowest BCUT2D eigenvalue weighted by Crippen LogP contribution is -2.25. The van der Waals surface area contributed by atoms with E-state index in [1.165, 1.54) is 23.5 Å². The number of anilines is 1. The Bertz CT molecular complexity index is 1190. The lowest BCUT2D eigenvalue weighted by molar-refractivity contribution is 0.102. The number of benzene rings is 2. The van der Waals surface area contributed by atoms with Gasteiger partial charge in [-0.1, -0.05) is 18.2 Å². The first-order chi connectivity index (χ1) is 14.4. The van der Waals surface area contributed by atoms with E-state index in [-0.39, 0.29) is 12.1 Å². The summed E-state index contributed by atoms with van der Waals surface area (Å²) in [4.78, 5) is 16.3. The Balaban J connectivity index is 1.83. The zero-order valence-corrected chi connectivity index (χ0v) is 17.5. The minimum atomic E-state index is -4.12. The predicted molar refractivity (Wildman–Crippen MR) is 114 cm³/mol. The van der Waals surface area contributed by atoms with Crippen LogP contribution in [0.3, 0.4) is 0 Å². The Morgan fingerprint density at radius 1 is 1.30 bits per heavy atom. The van der Waals surface area contributed by atoms with Gasteiger partial charge in [-0.25, -0.2) is 22.5 Å². The highest BCUT2D eigenvalue weighted by atomic mass is 32.2. The van der Waals surface area contributed by atoms with E-state index < -0.39 is 26.6 Å². The van der Waals surface area contributed by atoms with Crippen LogP contribution in [0.15, 0.2) is 65.4 Å². The van der Waals surface area contributed by atoms with Crippen LogP contribution in [0.25, 0.3) is 11.3 Å². The number of halogens is 1. The number of ether oxygens (including phenoxy) is 1. The molecule has 1 heterocycles. The highest BCUT2D eigenvalue weighted by Gasteiger charge is 2.21. The molecular weight excluding hydrogens is 429 g/mol. The summed E-state index contributed by atoms with van der Waals surface area (Å²) < 4.78 is 46.0. The quantitative estimate of drug-likeness (QED) is 0.514. The Morgan fingerprint density at radius 3 is 2.80 bits per heavy atom. The molecular formula is C20H18FN3O4S2. The number of amides is 1. The van der Waals surface area contributed by atoms with Crippen LogP contribution >= 0.6 is 11.3 Å². The molecule has 0 bridgehead atoms. The van der Waals surface area contributed by atoms with Gasteiger partial charge < -0.3 is 4.74 Å². The van der Waals surface area contributed by atoms with Crippen LogP contribution in [0.5, 0.6) is 5.75 Å². The average molecular weight is 448 g/mol. The Morgan fingerprint density at radius 2 is 2.07 bits per heavy atom. The summed E-state index contributed by atoms with van der Waals surface area (Å²) in [6.45, 7) is 3.34. The van der Waals surface area contributed by atoms with Gasteiger partial charge in [-0.2, -0.15) is 0 Å². The monoisotopic (exact) mass is 447 g/mol. The number of methoxy groups -OCH3 is 1. The Labute approximate surface area is 177 Å². The number of carbonyl (C=O) groups excluding carboxylic acids is 1. The summed E-state index contributed by atoms with van der Waals surface area (Å²) in [5.41, 5.74) is 1.35. The van der Waals surface area contributed by atoms with Crippen molar-refractivity contribution in [2.75, 3.05) is 19.0 Å². The van der Waals surface area contributed by atoms with Gasteiger partial charge in [-0.15, -0.1) is 17.9 Å². The van der Waals surface area contributed by atoms with Crippen LogP contribution in [0.4, 0.5) is 9.52 Å². The van der Waals surface area contributed by atoms with Crippen LogP contribution in [-0.4, -0.2) is 33.0 Å². The van der Waals surface area contributed by atoms with E-state index in [1.807, 2.05) is 18.2 Å². The average Bonchev–Trinajstić information content (AvgIpc) is 3.20. The van der Waals surface area contributed by atoms with Crippen molar-refractivity contribution in [2.24, 2.45) is 0 Å². The van der Waals surface area contributed by atoms with E-state index in [9.17, 15) is 17.6 Å². The minimum absolute atomic E-state index is 0.0237. The molecule has 0 fully saturated rings. The van der Waals surface area contributed by atoms with E-state index in [4.69, 9.17) is 4.74 Å². The number of hydrogen-bond acceptors (Lipinski definition) is 6. The van der Waals surface area contributed by atoms with E-state index in [1.54, 1.807) is 18.6 Å². The number of para-hydroxylation sites is 1. The lowest BCUT2D eigenvalue weighted by Gasteiger charge is -2.08. The van der Waals surface area contributed by atoms with Crippen molar-refractivity contribution in [2.45, 2.75) is 4.90 Å². The van der Waals surface area contributed by atoms with Crippen molar-refractivity contribution < 1.29 is 22.3 Å². The van der Waals surface area contributed by atoms with Crippen LogP contribution in [0, 0.1) is 5.82 Å². The maximum absolute atomic E-state index is 14.0. The van der Waals surface area contributed by atoms with Crippen molar-refractivity contribution >= 4 is 32.4 Å². The fourth-order valence-corrected chi connectivity index (χ4v) is 4.38. The van der Waals surface area contributed by atoms with Gasteiger partial charge in [0.2, 0.25) is 10.0 Å². The molecule has 7 nitrogen and oxygen atoms in total. The molecule has 0 aliphatic carbocycles. The molecule has 0 atom stereocenters. The Kier molecular flexibility index (Phi) is 6.60. The number of nitrogens with one attached hydrogen (secondary N) is 2. The summed E-state index contributed by atoms with van der Waals surface area (Å²) in [6.07, 6.45) is 1.33. The third kappa shape index (κ3) is 4.73. The number of nitrogens with zero attached hydrogens (tertiary/aromatic N) is 1. The largest absolute Gasteiger partial charge is 0.496 e. The molecule has 3 aromatic rings. The predicted octanol–water partition coefficient (Wildman–Crippen LogP) is 3.67. The Hall–Kier alpha value is -3.08. The van der Waals surface area contributed by atoms with Gasteiger partial charge in [-0.3, -0.25) is 10.1 Å². The number of sulfonamides is 1. The van der Waals surface area contributed by atoms with Gasteiger partial charge >= 0.3 is 0 Å². The number of hydrogen-bond donors (Lipinski definition) is 2. The highest BCUT2D eigenvalue weighted by Crippen LogP contribution is 2.32. The first-order valence-corrected chi connectivity index (χ1v) is 11.0. The molecule has 2 aromatic carbocycles. The maximum Gasteiger partial charge on any atom is 0.257 e. The van der Waals surface area contributed by atoms with Crippen molar-refractivity contribution in [3.05, 3.63) is 71.9 Å². The highest BCUT2D eigenvalue weighted by molar-refractivity contribution is 7.89. The molecule has 156 valence electrons. The number of thiazole rings is 1. The molecule has 10 heteroatoms. The van der Waals surface area contributed by atoms with Gasteiger partial charge in [0.25, 0.3) is 5.91 Å². The zero-order chi connectivity index (χ0) is 21.7. The number of aromatic nitrogens is 1. The first kappa shape index (κ1) is 21.6. The molecule has 0 radical (unpaired) electrons. The third-order valence-corrected chi connectivity index (χ3v) is 6.20. The van der Waals surface area contributed by atoms with Crippen molar-refractivity contribution in [3.8, 4) is 17.0 Å². The lowest BCUT2D eigenvalue weighted by atomic mass is 10.1. The van der Waals surface area contributed by atoms with Crippen LogP contribution in [0.2, 0.25) is 0 Å². The van der Waals surface area contributed by atoms with Crippen molar-refractivity contribution in [3.63, 3.8) is 0 Å². The summed E-state index contributed by atoms with van der Waals surface area (Å²) >= 11 is 1.20. The molecule has 3 rings (SSSR count). The number of carbonyl (C=O) groups is 1. The second-order valence-electron chi connectivity index (χ2n) is 5.98. The molecule has 0 spiro atoms. The van der Waals surface area contributed by atoms with E-state index in [2.05, 4.69) is 21.6 Å². The molecule has 1 amide bonds.